The molecule has 104 valence electrons. The average Bonchev–Trinajstić information content (AvgIpc) is 2.62. The van der Waals surface area contributed by atoms with Crippen LogP contribution in [0, 0.1) is 0 Å². The highest BCUT2D eigenvalue weighted by molar-refractivity contribution is 6.33. The lowest BCUT2D eigenvalue weighted by atomic mass is 9.93. The Hall–Kier alpha value is -1.06. The van der Waals surface area contributed by atoms with Gasteiger partial charge in [-0.25, -0.2) is 0 Å². The van der Waals surface area contributed by atoms with Crippen LogP contribution >= 0.6 is 11.6 Å². The second kappa shape index (κ2) is 6.40. The molecule has 0 heterocycles. The molecular weight excluding hydrogens is 262 g/mol. The maximum absolute atomic E-state index is 12.4. The van der Waals surface area contributed by atoms with Crippen molar-refractivity contribution in [3.8, 4) is 5.75 Å². The molecule has 0 fully saturated rings. The molecule has 0 aliphatic heterocycles. The SMILES string of the molecule is CNCC(=O)c1c2c(cc(Cl)c1OC)CCCCC2. The number of likely N-dealkylation sites (N-methyl/N-ethyl adjacent to an activating group) is 1. The molecule has 1 aromatic rings. The number of ether oxygens (including phenoxy) is 1. The molecule has 0 saturated carbocycles. The predicted octanol–water partition coefficient (Wildman–Crippen LogP) is 3.02. The normalized spacial score (nSPS) is 14.7. The van der Waals surface area contributed by atoms with E-state index in [-0.39, 0.29) is 5.78 Å². The van der Waals surface area contributed by atoms with Crippen LogP contribution in [0.3, 0.4) is 0 Å². The number of carbonyl (C=O) groups is 1. The van der Waals surface area contributed by atoms with Gasteiger partial charge in [-0.05, 0) is 49.9 Å². The second-order valence-corrected chi connectivity index (χ2v) is 5.33. The first-order valence-electron chi connectivity index (χ1n) is 6.75. The van der Waals surface area contributed by atoms with Crippen molar-refractivity contribution in [2.24, 2.45) is 0 Å². The van der Waals surface area contributed by atoms with E-state index < -0.39 is 0 Å². The minimum Gasteiger partial charge on any atom is -0.494 e. The smallest absolute Gasteiger partial charge is 0.180 e. The minimum atomic E-state index is 0.0556. The van der Waals surface area contributed by atoms with Gasteiger partial charge in [0, 0.05) is 0 Å². The lowest BCUT2D eigenvalue weighted by molar-refractivity contribution is 0.0989. The summed E-state index contributed by atoms with van der Waals surface area (Å²) in [6.45, 7) is 0.309. The van der Waals surface area contributed by atoms with Crippen LogP contribution < -0.4 is 10.1 Å². The highest BCUT2D eigenvalue weighted by Crippen LogP contribution is 2.36. The lowest BCUT2D eigenvalue weighted by Gasteiger charge is -2.17. The van der Waals surface area contributed by atoms with Gasteiger partial charge in [-0.1, -0.05) is 18.0 Å². The third kappa shape index (κ3) is 2.93. The summed E-state index contributed by atoms with van der Waals surface area (Å²) >= 11 is 6.27. The van der Waals surface area contributed by atoms with Gasteiger partial charge in [0.25, 0.3) is 0 Å². The van der Waals surface area contributed by atoms with E-state index in [2.05, 4.69) is 5.32 Å². The largest absolute Gasteiger partial charge is 0.494 e. The van der Waals surface area contributed by atoms with Crippen molar-refractivity contribution in [2.75, 3.05) is 20.7 Å². The molecule has 0 radical (unpaired) electrons. The minimum absolute atomic E-state index is 0.0556. The van der Waals surface area contributed by atoms with Crippen LogP contribution in [0.15, 0.2) is 6.07 Å². The fraction of sp³-hybridized carbons (Fsp3) is 0.533. The summed E-state index contributed by atoms with van der Waals surface area (Å²) in [6, 6.07) is 1.97. The Bertz CT molecular complexity index is 486. The number of hydrogen-bond donors (Lipinski definition) is 1. The molecule has 2 rings (SSSR count). The van der Waals surface area contributed by atoms with Crippen molar-refractivity contribution < 1.29 is 9.53 Å². The van der Waals surface area contributed by atoms with Crippen LogP contribution in [-0.2, 0) is 12.8 Å². The van der Waals surface area contributed by atoms with Gasteiger partial charge in [0.05, 0.1) is 24.2 Å². The van der Waals surface area contributed by atoms with E-state index in [0.29, 0.717) is 22.9 Å². The Kier molecular flexibility index (Phi) is 4.83. The highest BCUT2D eigenvalue weighted by atomic mass is 35.5. The standard InChI is InChI=1S/C15H20ClNO2/c1-17-9-13(18)14-11-7-5-3-4-6-10(11)8-12(16)15(14)19-2/h8,17H,3-7,9H2,1-2H3. The van der Waals surface area contributed by atoms with Crippen LogP contribution in [-0.4, -0.2) is 26.5 Å². The van der Waals surface area contributed by atoms with Crippen LogP contribution in [0.1, 0.15) is 40.7 Å². The summed E-state index contributed by atoms with van der Waals surface area (Å²) in [7, 11) is 3.34. The van der Waals surface area contributed by atoms with E-state index in [1.165, 1.54) is 12.0 Å². The van der Waals surface area contributed by atoms with Crippen molar-refractivity contribution in [3.63, 3.8) is 0 Å². The van der Waals surface area contributed by atoms with Gasteiger partial charge in [0.2, 0.25) is 0 Å². The van der Waals surface area contributed by atoms with Crippen LogP contribution in [0.5, 0.6) is 5.75 Å². The molecule has 1 N–H and O–H groups in total. The molecule has 0 amide bonds. The number of benzene rings is 1. The van der Waals surface area contributed by atoms with E-state index in [4.69, 9.17) is 16.3 Å². The first kappa shape index (κ1) is 14.4. The Morgan fingerprint density at radius 3 is 2.79 bits per heavy atom. The van der Waals surface area contributed by atoms with Crippen molar-refractivity contribution in [2.45, 2.75) is 32.1 Å². The van der Waals surface area contributed by atoms with Crippen molar-refractivity contribution >= 4 is 17.4 Å². The molecule has 1 aliphatic rings. The third-order valence-corrected chi connectivity index (χ3v) is 3.91. The molecule has 1 aromatic carbocycles. The monoisotopic (exact) mass is 281 g/mol. The maximum Gasteiger partial charge on any atom is 0.180 e. The van der Waals surface area contributed by atoms with Crippen molar-refractivity contribution in [1.29, 1.82) is 0 Å². The summed E-state index contributed by atoms with van der Waals surface area (Å²) in [4.78, 5) is 12.4. The van der Waals surface area contributed by atoms with E-state index in [0.717, 1.165) is 31.2 Å². The van der Waals surface area contributed by atoms with Gasteiger partial charge in [0.15, 0.2) is 5.78 Å². The molecule has 19 heavy (non-hydrogen) atoms. The first-order valence-corrected chi connectivity index (χ1v) is 7.13. The highest BCUT2D eigenvalue weighted by Gasteiger charge is 2.23. The molecular formula is C15H20ClNO2. The third-order valence-electron chi connectivity index (χ3n) is 3.63. The molecule has 0 spiro atoms. The number of ketones is 1. The van der Waals surface area contributed by atoms with Crippen LogP contribution in [0.4, 0.5) is 0 Å². The van der Waals surface area contributed by atoms with Gasteiger partial charge in [-0.15, -0.1) is 0 Å². The number of carbonyl (C=O) groups excluding carboxylic acids is 1. The number of Topliss-reactive ketones (excluding diaryl/α,β-unsaturated/α-hetero) is 1. The Labute approximate surface area is 119 Å². The Morgan fingerprint density at radius 1 is 1.37 bits per heavy atom. The first-order chi connectivity index (χ1) is 9.19. The number of halogens is 1. The topological polar surface area (TPSA) is 38.3 Å². The van der Waals surface area contributed by atoms with E-state index in [9.17, 15) is 4.79 Å². The summed E-state index contributed by atoms with van der Waals surface area (Å²) in [5.74, 6) is 0.586. The van der Waals surface area contributed by atoms with Gasteiger partial charge >= 0.3 is 0 Å². The number of nitrogens with one attached hydrogen (secondary N) is 1. The van der Waals surface area contributed by atoms with Crippen molar-refractivity contribution in [1.82, 2.24) is 5.32 Å². The summed E-state index contributed by atoms with van der Waals surface area (Å²) < 4.78 is 5.37. The van der Waals surface area contributed by atoms with Crippen molar-refractivity contribution in [3.05, 3.63) is 27.8 Å². The second-order valence-electron chi connectivity index (χ2n) is 4.92. The Morgan fingerprint density at radius 2 is 2.11 bits per heavy atom. The van der Waals surface area contributed by atoms with Gasteiger partial charge in [-0.3, -0.25) is 4.79 Å². The quantitative estimate of drug-likeness (QED) is 0.681. The van der Waals surface area contributed by atoms with Crippen LogP contribution in [0.2, 0.25) is 5.02 Å². The number of aryl methyl sites for hydroxylation is 1. The molecule has 3 nitrogen and oxygen atoms in total. The number of fused-ring (bicyclic) bond motifs is 1. The number of methoxy groups -OCH3 is 1. The van der Waals surface area contributed by atoms with Crippen LogP contribution in [0.25, 0.3) is 0 Å². The number of rotatable bonds is 4. The summed E-state index contributed by atoms with van der Waals surface area (Å²) in [5, 5.41) is 3.46. The van der Waals surface area contributed by atoms with E-state index >= 15 is 0 Å². The van der Waals surface area contributed by atoms with E-state index in [1.807, 2.05) is 6.07 Å². The molecule has 0 unspecified atom stereocenters. The molecule has 0 aromatic heterocycles. The van der Waals surface area contributed by atoms with Gasteiger partial charge in [-0.2, -0.15) is 0 Å². The summed E-state index contributed by atoms with van der Waals surface area (Å²) in [6.07, 6.45) is 5.42. The van der Waals surface area contributed by atoms with Gasteiger partial charge in [0.1, 0.15) is 5.75 Å². The molecule has 0 saturated heterocycles. The predicted molar refractivity (Wildman–Crippen MR) is 77.5 cm³/mol. The maximum atomic E-state index is 12.4. The molecule has 4 heteroatoms. The van der Waals surface area contributed by atoms with Gasteiger partial charge < -0.3 is 10.1 Å². The zero-order chi connectivity index (χ0) is 13.8. The zero-order valence-electron chi connectivity index (χ0n) is 11.5. The number of hydrogen-bond acceptors (Lipinski definition) is 3. The lowest BCUT2D eigenvalue weighted by Crippen LogP contribution is -2.21. The molecule has 0 bridgehead atoms. The Balaban J connectivity index is 2.58. The fourth-order valence-corrected chi connectivity index (χ4v) is 3.07. The fourth-order valence-electron chi connectivity index (χ4n) is 2.77. The summed E-state index contributed by atoms with van der Waals surface area (Å²) in [5.41, 5.74) is 3.03. The zero-order valence-corrected chi connectivity index (χ0v) is 12.3. The molecule has 1 aliphatic carbocycles. The molecule has 0 atom stereocenters. The van der Waals surface area contributed by atoms with E-state index in [1.54, 1.807) is 14.2 Å². The average molecular weight is 282 g/mol.